The largest absolute Gasteiger partial charge is 0.298 e. The van der Waals surface area contributed by atoms with Crippen molar-refractivity contribution in [2.75, 3.05) is 18.6 Å². The Hall–Kier alpha value is -0.140. The van der Waals surface area contributed by atoms with E-state index in [0.717, 1.165) is 13.0 Å². The third-order valence-electron chi connectivity index (χ3n) is 3.18. The summed E-state index contributed by atoms with van der Waals surface area (Å²) in [6.07, 6.45) is 0.767. The molecule has 1 aliphatic heterocycles. The van der Waals surface area contributed by atoms with Gasteiger partial charge in [0.1, 0.15) is 0 Å². The summed E-state index contributed by atoms with van der Waals surface area (Å²) in [6, 6.07) is 8.53. The van der Waals surface area contributed by atoms with E-state index in [1.807, 2.05) is 7.05 Å². The van der Waals surface area contributed by atoms with Crippen molar-refractivity contribution < 1.29 is 8.42 Å². The molecular formula is C12H16INO2S. The van der Waals surface area contributed by atoms with Gasteiger partial charge in [-0.2, -0.15) is 0 Å². The molecule has 1 aromatic carbocycles. The SMILES string of the molecule is CN(Cc1ccc(I)cc1)C1CCS(=O)(=O)C1. The van der Waals surface area contributed by atoms with Gasteiger partial charge in [0, 0.05) is 16.2 Å². The molecule has 0 saturated carbocycles. The van der Waals surface area contributed by atoms with E-state index in [0.29, 0.717) is 11.5 Å². The molecule has 1 aromatic rings. The molecule has 0 aliphatic carbocycles. The lowest BCUT2D eigenvalue weighted by Gasteiger charge is -2.23. The Morgan fingerprint density at radius 2 is 2.00 bits per heavy atom. The molecule has 5 heteroatoms. The normalized spacial score (nSPS) is 23.1. The maximum absolute atomic E-state index is 11.4. The zero-order valence-electron chi connectivity index (χ0n) is 9.77. The van der Waals surface area contributed by atoms with Crippen LogP contribution in [-0.2, 0) is 16.4 Å². The second kappa shape index (κ2) is 5.24. The number of nitrogens with zero attached hydrogens (tertiary/aromatic N) is 1. The highest BCUT2D eigenvalue weighted by Gasteiger charge is 2.30. The van der Waals surface area contributed by atoms with Crippen molar-refractivity contribution in [2.45, 2.75) is 19.0 Å². The summed E-state index contributed by atoms with van der Waals surface area (Å²) in [5, 5.41) is 0. The van der Waals surface area contributed by atoms with Crippen molar-refractivity contribution in [3.05, 3.63) is 33.4 Å². The molecule has 0 spiro atoms. The quantitative estimate of drug-likeness (QED) is 0.768. The van der Waals surface area contributed by atoms with E-state index in [2.05, 4.69) is 51.8 Å². The fraction of sp³-hybridized carbons (Fsp3) is 0.500. The highest BCUT2D eigenvalue weighted by Crippen LogP contribution is 2.18. The van der Waals surface area contributed by atoms with Gasteiger partial charge in [0.15, 0.2) is 9.84 Å². The van der Waals surface area contributed by atoms with Gasteiger partial charge in [0.05, 0.1) is 11.5 Å². The standard InChI is InChI=1S/C12H16INO2S/c1-14(12-6-7-17(15,16)9-12)8-10-2-4-11(13)5-3-10/h2-5,12H,6-9H2,1H3. The van der Waals surface area contributed by atoms with E-state index < -0.39 is 9.84 Å². The highest BCUT2D eigenvalue weighted by molar-refractivity contribution is 14.1. The van der Waals surface area contributed by atoms with E-state index in [1.165, 1.54) is 9.13 Å². The van der Waals surface area contributed by atoms with Gasteiger partial charge in [-0.3, -0.25) is 4.90 Å². The van der Waals surface area contributed by atoms with E-state index in [9.17, 15) is 8.42 Å². The number of hydrogen-bond donors (Lipinski definition) is 0. The van der Waals surface area contributed by atoms with Crippen LogP contribution in [0, 0.1) is 3.57 Å². The fourth-order valence-corrected chi connectivity index (χ4v) is 4.29. The Morgan fingerprint density at radius 1 is 1.35 bits per heavy atom. The monoisotopic (exact) mass is 365 g/mol. The van der Waals surface area contributed by atoms with Crippen molar-refractivity contribution in [1.82, 2.24) is 4.90 Å². The highest BCUT2D eigenvalue weighted by atomic mass is 127. The average Bonchev–Trinajstić information content (AvgIpc) is 2.62. The van der Waals surface area contributed by atoms with Crippen LogP contribution in [0.5, 0.6) is 0 Å². The lowest BCUT2D eigenvalue weighted by Crippen LogP contribution is -2.32. The van der Waals surface area contributed by atoms with Gasteiger partial charge in [-0.25, -0.2) is 8.42 Å². The predicted octanol–water partition coefficient (Wildman–Crippen LogP) is 1.91. The molecule has 0 radical (unpaired) electrons. The summed E-state index contributed by atoms with van der Waals surface area (Å²) >= 11 is 2.28. The zero-order chi connectivity index (χ0) is 12.5. The number of hydrogen-bond acceptors (Lipinski definition) is 3. The molecular weight excluding hydrogens is 349 g/mol. The van der Waals surface area contributed by atoms with Gasteiger partial charge >= 0.3 is 0 Å². The van der Waals surface area contributed by atoms with Crippen molar-refractivity contribution in [2.24, 2.45) is 0 Å². The molecule has 1 aliphatic rings. The second-order valence-corrected chi connectivity index (χ2v) is 8.07. The summed E-state index contributed by atoms with van der Waals surface area (Å²) in [7, 11) is -0.779. The molecule has 3 nitrogen and oxygen atoms in total. The number of benzene rings is 1. The molecule has 1 saturated heterocycles. The third kappa shape index (κ3) is 3.66. The van der Waals surface area contributed by atoms with Crippen molar-refractivity contribution in [3.63, 3.8) is 0 Å². The molecule has 17 heavy (non-hydrogen) atoms. The Kier molecular flexibility index (Phi) is 4.10. The van der Waals surface area contributed by atoms with E-state index in [-0.39, 0.29) is 6.04 Å². The zero-order valence-corrected chi connectivity index (χ0v) is 12.7. The number of halogens is 1. The Bertz CT molecular complexity index is 484. The molecule has 0 amide bonds. The van der Waals surface area contributed by atoms with Crippen LogP contribution in [0.3, 0.4) is 0 Å². The molecule has 94 valence electrons. The van der Waals surface area contributed by atoms with Gasteiger partial charge in [0.25, 0.3) is 0 Å². The van der Waals surface area contributed by atoms with Crippen LogP contribution in [0.1, 0.15) is 12.0 Å². The van der Waals surface area contributed by atoms with Crippen LogP contribution in [0.25, 0.3) is 0 Å². The lowest BCUT2D eigenvalue weighted by molar-refractivity contribution is 0.254. The first-order valence-corrected chi connectivity index (χ1v) is 8.51. The van der Waals surface area contributed by atoms with Crippen LogP contribution < -0.4 is 0 Å². The fourth-order valence-electron chi connectivity index (χ4n) is 2.13. The summed E-state index contributed by atoms with van der Waals surface area (Å²) in [5.74, 6) is 0.655. The first-order chi connectivity index (χ1) is 7.96. The Morgan fingerprint density at radius 3 is 2.53 bits per heavy atom. The first-order valence-electron chi connectivity index (χ1n) is 5.61. The molecule has 0 N–H and O–H groups in total. The first kappa shape index (κ1) is 13.3. The maximum Gasteiger partial charge on any atom is 0.151 e. The summed E-state index contributed by atoms with van der Waals surface area (Å²) < 4.78 is 24.0. The minimum Gasteiger partial charge on any atom is -0.298 e. The van der Waals surface area contributed by atoms with Crippen molar-refractivity contribution >= 4 is 32.4 Å². The van der Waals surface area contributed by atoms with Crippen LogP contribution >= 0.6 is 22.6 Å². The summed E-state index contributed by atoms with van der Waals surface area (Å²) in [6.45, 7) is 0.817. The number of rotatable bonds is 3. The Labute approximate surface area is 116 Å². The van der Waals surface area contributed by atoms with Gasteiger partial charge in [-0.15, -0.1) is 0 Å². The van der Waals surface area contributed by atoms with Crippen molar-refractivity contribution in [3.8, 4) is 0 Å². The summed E-state index contributed by atoms with van der Waals surface area (Å²) in [4.78, 5) is 2.15. The van der Waals surface area contributed by atoms with E-state index >= 15 is 0 Å². The molecule has 0 bridgehead atoms. The predicted molar refractivity (Wildman–Crippen MR) is 77.7 cm³/mol. The topological polar surface area (TPSA) is 37.4 Å². The van der Waals surface area contributed by atoms with Gasteiger partial charge < -0.3 is 0 Å². The van der Waals surface area contributed by atoms with Crippen LogP contribution in [-0.4, -0.2) is 37.9 Å². The minimum atomic E-state index is -2.78. The smallest absolute Gasteiger partial charge is 0.151 e. The van der Waals surface area contributed by atoms with Gasteiger partial charge in [-0.05, 0) is 53.8 Å². The van der Waals surface area contributed by atoms with Crippen LogP contribution in [0.15, 0.2) is 24.3 Å². The lowest BCUT2D eigenvalue weighted by atomic mass is 10.2. The van der Waals surface area contributed by atoms with Crippen LogP contribution in [0.2, 0.25) is 0 Å². The maximum atomic E-state index is 11.4. The molecule has 1 heterocycles. The molecule has 0 aromatic heterocycles. The summed E-state index contributed by atoms with van der Waals surface area (Å²) in [5.41, 5.74) is 1.23. The molecule has 1 unspecified atom stereocenters. The third-order valence-corrected chi connectivity index (χ3v) is 5.65. The Balaban J connectivity index is 1.98. The van der Waals surface area contributed by atoms with E-state index in [4.69, 9.17) is 0 Å². The second-order valence-electron chi connectivity index (χ2n) is 4.60. The van der Waals surface area contributed by atoms with Crippen LogP contribution in [0.4, 0.5) is 0 Å². The van der Waals surface area contributed by atoms with Gasteiger partial charge in [0.2, 0.25) is 0 Å². The van der Waals surface area contributed by atoms with Crippen molar-refractivity contribution in [1.29, 1.82) is 0 Å². The number of sulfone groups is 1. The molecule has 2 rings (SSSR count). The minimum absolute atomic E-state index is 0.180. The van der Waals surface area contributed by atoms with Gasteiger partial charge in [-0.1, -0.05) is 12.1 Å². The molecule has 1 atom stereocenters. The average molecular weight is 365 g/mol. The molecule has 1 fully saturated rings. The van der Waals surface area contributed by atoms with E-state index in [1.54, 1.807) is 0 Å².